The third kappa shape index (κ3) is 5.38. The van der Waals surface area contributed by atoms with Gasteiger partial charge in [-0.1, -0.05) is 84.9 Å². The minimum atomic E-state index is -0.614. The van der Waals surface area contributed by atoms with Crippen LogP contribution >= 0.6 is 0 Å². The molecule has 0 spiro atoms. The Labute approximate surface area is 187 Å². The first kappa shape index (κ1) is 21.2. The quantitative estimate of drug-likeness (QED) is 0.415. The third-order valence-electron chi connectivity index (χ3n) is 5.30. The molecule has 1 N–H and O–H groups in total. The Morgan fingerprint density at radius 1 is 0.781 bits per heavy atom. The number of ether oxygens (including phenoxy) is 1. The van der Waals surface area contributed by atoms with E-state index in [9.17, 15) is 9.59 Å². The van der Waals surface area contributed by atoms with Crippen molar-refractivity contribution >= 4 is 22.8 Å². The van der Waals surface area contributed by atoms with Gasteiger partial charge in [-0.2, -0.15) is 0 Å². The number of para-hydroxylation sites is 1. The van der Waals surface area contributed by atoms with E-state index in [2.05, 4.69) is 34.6 Å². The molecule has 4 aromatic rings. The minimum Gasteiger partial charge on any atom is -0.451 e. The molecule has 0 saturated heterocycles. The SMILES string of the molecule is O=C(COC(=O)c1ccc2ccccc2n1)NCCC(c1ccccc1)c1ccccc1. The van der Waals surface area contributed by atoms with Gasteiger partial charge in [0.1, 0.15) is 5.69 Å². The van der Waals surface area contributed by atoms with Crippen molar-refractivity contribution in [2.75, 3.05) is 13.2 Å². The summed E-state index contributed by atoms with van der Waals surface area (Å²) in [5, 5.41) is 3.79. The molecule has 1 amide bonds. The van der Waals surface area contributed by atoms with Crippen molar-refractivity contribution in [3.8, 4) is 0 Å². The molecule has 0 aliphatic heterocycles. The van der Waals surface area contributed by atoms with Crippen molar-refractivity contribution < 1.29 is 14.3 Å². The predicted molar refractivity (Wildman–Crippen MR) is 124 cm³/mol. The van der Waals surface area contributed by atoms with Crippen LogP contribution in [0.15, 0.2) is 97.1 Å². The minimum absolute atomic E-state index is 0.169. The van der Waals surface area contributed by atoms with Gasteiger partial charge in [-0.15, -0.1) is 0 Å². The van der Waals surface area contributed by atoms with Crippen LogP contribution in [0.4, 0.5) is 0 Å². The molecule has 1 heterocycles. The number of hydrogen-bond donors (Lipinski definition) is 1. The highest BCUT2D eigenvalue weighted by Gasteiger charge is 2.15. The maximum Gasteiger partial charge on any atom is 0.357 e. The van der Waals surface area contributed by atoms with Gasteiger partial charge in [0.2, 0.25) is 0 Å². The van der Waals surface area contributed by atoms with E-state index in [4.69, 9.17) is 4.74 Å². The molecule has 0 saturated carbocycles. The number of carbonyl (C=O) groups excluding carboxylic acids is 2. The molecular formula is C27H24N2O3. The van der Waals surface area contributed by atoms with Gasteiger partial charge in [0.05, 0.1) is 5.52 Å². The summed E-state index contributed by atoms with van der Waals surface area (Å²) in [6.07, 6.45) is 0.736. The van der Waals surface area contributed by atoms with Crippen LogP contribution in [-0.4, -0.2) is 30.0 Å². The molecule has 5 nitrogen and oxygen atoms in total. The number of hydrogen-bond acceptors (Lipinski definition) is 4. The van der Waals surface area contributed by atoms with Crippen molar-refractivity contribution in [1.29, 1.82) is 0 Å². The summed E-state index contributed by atoms with van der Waals surface area (Å²) in [5.74, 6) is -0.779. The fraction of sp³-hybridized carbons (Fsp3) is 0.148. The summed E-state index contributed by atoms with van der Waals surface area (Å²) in [6.45, 7) is 0.133. The molecule has 3 aromatic carbocycles. The number of amides is 1. The van der Waals surface area contributed by atoms with Gasteiger partial charge >= 0.3 is 5.97 Å². The Morgan fingerprint density at radius 2 is 1.41 bits per heavy atom. The van der Waals surface area contributed by atoms with Crippen LogP contribution in [0.25, 0.3) is 10.9 Å². The summed E-state index contributed by atoms with van der Waals surface area (Å²) < 4.78 is 5.15. The molecule has 4 rings (SSSR count). The number of pyridine rings is 1. The molecule has 5 heteroatoms. The van der Waals surface area contributed by atoms with E-state index in [-0.39, 0.29) is 24.1 Å². The lowest BCUT2D eigenvalue weighted by Crippen LogP contribution is -2.30. The largest absolute Gasteiger partial charge is 0.451 e. The topological polar surface area (TPSA) is 68.3 Å². The van der Waals surface area contributed by atoms with Gasteiger partial charge < -0.3 is 10.1 Å². The van der Waals surface area contributed by atoms with E-state index >= 15 is 0 Å². The summed E-state index contributed by atoms with van der Waals surface area (Å²) in [6, 6.07) is 31.4. The van der Waals surface area contributed by atoms with Gasteiger partial charge in [-0.25, -0.2) is 9.78 Å². The van der Waals surface area contributed by atoms with Crippen LogP contribution in [0.1, 0.15) is 34.0 Å². The molecule has 0 fully saturated rings. The second-order valence-electron chi connectivity index (χ2n) is 7.48. The van der Waals surface area contributed by atoms with E-state index in [1.54, 1.807) is 6.07 Å². The highest BCUT2D eigenvalue weighted by Crippen LogP contribution is 2.27. The summed E-state index contributed by atoms with van der Waals surface area (Å²) in [4.78, 5) is 28.8. The molecule has 160 valence electrons. The summed E-state index contributed by atoms with van der Waals surface area (Å²) in [5.41, 5.74) is 3.28. The average Bonchev–Trinajstić information content (AvgIpc) is 2.86. The van der Waals surface area contributed by atoms with Crippen molar-refractivity contribution in [3.63, 3.8) is 0 Å². The molecule has 0 atom stereocenters. The number of esters is 1. The maximum absolute atomic E-state index is 12.3. The molecule has 0 aliphatic rings. The fourth-order valence-corrected chi connectivity index (χ4v) is 3.69. The second kappa shape index (κ2) is 10.4. The van der Waals surface area contributed by atoms with Gasteiger partial charge in [-0.3, -0.25) is 4.79 Å². The van der Waals surface area contributed by atoms with Crippen molar-refractivity contribution in [2.24, 2.45) is 0 Å². The first-order valence-electron chi connectivity index (χ1n) is 10.6. The highest BCUT2D eigenvalue weighted by atomic mass is 16.5. The van der Waals surface area contributed by atoms with E-state index in [0.717, 1.165) is 11.8 Å². The molecule has 0 radical (unpaired) electrons. The Hall–Kier alpha value is -3.99. The van der Waals surface area contributed by atoms with Crippen LogP contribution in [0.5, 0.6) is 0 Å². The normalized spacial score (nSPS) is 10.8. The Bertz CT molecular complexity index is 1150. The van der Waals surface area contributed by atoms with E-state index in [1.807, 2.05) is 66.7 Å². The average molecular weight is 425 g/mol. The van der Waals surface area contributed by atoms with Crippen LogP contribution in [0, 0.1) is 0 Å². The standard InChI is InChI=1S/C27H24N2O3/c30-26(19-32-27(31)25-16-15-22-13-7-8-14-24(22)29-25)28-18-17-23(20-9-3-1-4-10-20)21-11-5-2-6-12-21/h1-16,23H,17-19H2,(H,28,30). The number of aromatic nitrogens is 1. The summed E-state index contributed by atoms with van der Waals surface area (Å²) >= 11 is 0. The lowest BCUT2D eigenvalue weighted by atomic mass is 9.88. The molecule has 32 heavy (non-hydrogen) atoms. The number of carbonyl (C=O) groups is 2. The molecule has 1 aromatic heterocycles. The molecule has 0 bridgehead atoms. The summed E-state index contributed by atoms with van der Waals surface area (Å²) in [7, 11) is 0. The van der Waals surface area contributed by atoms with Gasteiger partial charge in [0.25, 0.3) is 5.91 Å². The number of rotatable bonds is 8. The van der Waals surface area contributed by atoms with Crippen LogP contribution in [0.3, 0.4) is 0 Å². The molecule has 0 unspecified atom stereocenters. The lowest BCUT2D eigenvalue weighted by molar-refractivity contribution is -0.124. The van der Waals surface area contributed by atoms with Crippen molar-refractivity contribution in [3.05, 3.63) is 114 Å². The highest BCUT2D eigenvalue weighted by molar-refractivity contribution is 5.92. The first-order valence-corrected chi connectivity index (χ1v) is 10.6. The Morgan fingerprint density at radius 3 is 2.09 bits per heavy atom. The zero-order chi connectivity index (χ0) is 22.2. The zero-order valence-electron chi connectivity index (χ0n) is 17.6. The van der Waals surface area contributed by atoms with Crippen molar-refractivity contribution in [1.82, 2.24) is 10.3 Å². The number of nitrogens with one attached hydrogen (secondary N) is 1. The number of nitrogens with zero attached hydrogens (tertiary/aromatic N) is 1. The molecule has 0 aliphatic carbocycles. The zero-order valence-corrected chi connectivity index (χ0v) is 17.6. The third-order valence-corrected chi connectivity index (χ3v) is 5.30. The van der Waals surface area contributed by atoms with Crippen LogP contribution in [-0.2, 0) is 9.53 Å². The van der Waals surface area contributed by atoms with E-state index < -0.39 is 5.97 Å². The maximum atomic E-state index is 12.3. The first-order chi connectivity index (χ1) is 15.7. The van der Waals surface area contributed by atoms with Crippen LogP contribution in [0.2, 0.25) is 0 Å². The monoisotopic (exact) mass is 424 g/mol. The number of fused-ring (bicyclic) bond motifs is 1. The predicted octanol–water partition coefficient (Wildman–Crippen LogP) is 4.73. The van der Waals surface area contributed by atoms with Gasteiger partial charge in [-0.05, 0) is 29.7 Å². The van der Waals surface area contributed by atoms with Gasteiger partial charge in [0, 0.05) is 17.8 Å². The Balaban J connectivity index is 1.30. The lowest BCUT2D eigenvalue weighted by Gasteiger charge is -2.18. The van der Waals surface area contributed by atoms with Crippen LogP contribution < -0.4 is 5.32 Å². The Kier molecular flexibility index (Phi) is 6.88. The van der Waals surface area contributed by atoms with E-state index in [0.29, 0.717) is 12.1 Å². The number of benzene rings is 3. The smallest absolute Gasteiger partial charge is 0.357 e. The molecular weight excluding hydrogens is 400 g/mol. The van der Waals surface area contributed by atoms with E-state index in [1.165, 1.54) is 11.1 Å². The second-order valence-corrected chi connectivity index (χ2v) is 7.48. The van der Waals surface area contributed by atoms with Crippen molar-refractivity contribution in [2.45, 2.75) is 12.3 Å². The van der Waals surface area contributed by atoms with Gasteiger partial charge in [0.15, 0.2) is 6.61 Å². The fourth-order valence-electron chi connectivity index (χ4n) is 3.69.